The van der Waals surface area contributed by atoms with Gasteiger partial charge in [0.2, 0.25) is 0 Å². The molecule has 2 N–H and O–H groups in total. The lowest BCUT2D eigenvalue weighted by atomic mass is 10.1. The van der Waals surface area contributed by atoms with Crippen molar-refractivity contribution >= 4 is 5.91 Å². The standard InChI is InChI=1S/C14H21NO3/c1-10-6-7-12(9-13(10)18-3)14(17)15-8-4-5-11(2)16/h6-7,9,11,16H,4-5,8H2,1-3H3,(H,15,17). The van der Waals surface area contributed by atoms with Crippen molar-refractivity contribution in [3.8, 4) is 5.75 Å². The fourth-order valence-electron chi connectivity index (χ4n) is 1.66. The number of carbonyl (C=O) groups is 1. The van der Waals surface area contributed by atoms with Crippen LogP contribution in [0.1, 0.15) is 35.7 Å². The lowest BCUT2D eigenvalue weighted by Crippen LogP contribution is -2.25. The molecule has 0 aromatic heterocycles. The van der Waals surface area contributed by atoms with Gasteiger partial charge in [-0.3, -0.25) is 4.79 Å². The smallest absolute Gasteiger partial charge is 0.251 e. The molecule has 1 rings (SSSR count). The Kier molecular flexibility index (Phi) is 5.65. The number of ether oxygens (including phenoxy) is 1. The molecule has 0 saturated carbocycles. The van der Waals surface area contributed by atoms with Gasteiger partial charge in [-0.2, -0.15) is 0 Å². The summed E-state index contributed by atoms with van der Waals surface area (Å²) >= 11 is 0. The maximum absolute atomic E-state index is 11.8. The van der Waals surface area contributed by atoms with Gasteiger partial charge in [-0.15, -0.1) is 0 Å². The summed E-state index contributed by atoms with van der Waals surface area (Å²) in [7, 11) is 1.59. The Balaban J connectivity index is 2.51. The summed E-state index contributed by atoms with van der Waals surface area (Å²) in [5.74, 6) is 0.602. The van der Waals surface area contributed by atoms with E-state index in [-0.39, 0.29) is 12.0 Å². The van der Waals surface area contributed by atoms with E-state index in [1.165, 1.54) is 0 Å². The van der Waals surface area contributed by atoms with Gasteiger partial charge in [0.25, 0.3) is 5.91 Å². The summed E-state index contributed by atoms with van der Waals surface area (Å²) in [4.78, 5) is 11.8. The van der Waals surface area contributed by atoms with Gasteiger partial charge in [0, 0.05) is 12.1 Å². The van der Waals surface area contributed by atoms with Gasteiger partial charge >= 0.3 is 0 Å². The number of amides is 1. The molecule has 18 heavy (non-hydrogen) atoms. The first-order valence-corrected chi connectivity index (χ1v) is 6.15. The van der Waals surface area contributed by atoms with Crippen LogP contribution in [-0.4, -0.2) is 30.8 Å². The van der Waals surface area contributed by atoms with E-state index in [1.807, 2.05) is 13.0 Å². The first-order valence-electron chi connectivity index (χ1n) is 6.15. The van der Waals surface area contributed by atoms with Crippen LogP contribution in [0.3, 0.4) is 0 Å². The molecule has 0 heterocycles. The van der Waals surface area contributed by atoms with E-state index in [4.69, 9.17) is 9.84 Å². The summed E-state index contributed by atoms with van der Waals surface area (Å²) in [6.07, 6.45) is 1.14. The number of hydrogen-bond acceptors (Lipinski definition) is 3. The lowest BCUT2D eigenvalue weighted by molar-refractivity contribution is 0.0949. The summed E-state index contributed by atoms with van der Waals surface area (Å²) in [6.45, 7) is 4.25. The van der Waals surface area contributed by atoms with Gasteiger partial charge in [0.05, 0.1) is 13.2 Å². The molecular weight excluding hydrogens is 230 g/mol. The number of nitrogens with one attached hydrogen (secondary N) is 1. The molecule has 4 nitrogen and oxygen atoms in total. The van der Waals surface area contributed by atoms with Crippen molar-refractivity contribution in [2.75, 3.05) is 13.7 Å². The van der Waals surface area contributed by atoms with Crippen molar-refractivity contribution in [1.29, 1.82) is 0 Å². The molecular formula is C14H21NO3. The first-order chi connectivity index (χ1) is 8.54. The van der Waals surface area contributed by atoms with Crippen LogP contribution in [0.25, 0.3) is 0 Å². The zero-order valence-electron chi connectivity index (χ0n) is 11.2. The number of methoxy groups -OCH3 is 1. The Morgan fingerprint density at radius 3 is 2.83 bits per heavy atom. The van der Waals surface area contributed by atoms with Crippen molar-refractivity contribution in [3.05, 3.63) is 29.3 Å². The molecule has 100 valence electrons. The number of aliphatic hydroxyl groups is 1. The van der Waals surface area contributed by atoms with Gasteiger partial charge in [-0.25, -0.2) is 0 Å². The highest BCUT2D eigenvalue weighted by Crippen LogP contribution is 2.18. The second-order valence-corrected chi connectivity index (χ2v) is 4.43. The monoisotopic (exact) mass is 251 g/mol. The van der Waals surface area contributed by atoms with Gasteiger partial charge < -0.3 is 15.2 Å². The van der Waals surface area contributed by atoms with Crippen LogP contribution in [0.15, 0.2) is 18.2 Å². The van der Waals surface area contributed by atoms with Gasteiger partial charge in [0.1, 0.15) is 5.75 Å². The minimum Gasteiger partial charge on any atom is -0.496 e. The summed E-state index contributed by atoms with van der Waals surface area (Å²) in [5, 5.41) is 11.9. The molecule has 1 unspecified atom stereocenters. The van der Waals surface area contributed by atoms with Gasteiger partial charge in [-0.1, -0.05) is 6.07 Å². The fourth-order valence-corrected chi connectivity index (χ4v) is 1.66. The summed E-state index contributed by atoms with van der Waals surface area (Å²) in [6, 6.07) is 5.38. The predicted octanol–water partition coefficient (Wildman–Crippen LogP) is 1.89. The third kappa shape index (κ3) is 4.37. The molecule has 0 aliphatic rings. The SMILES string of the molecule is COc1cc(C(=O)NCCCC(C)O)ccc1C. The van der Waals surface area contributed by atoms with Crippen molar-refractivity contribution in [1.82, 2.24) is 5.32 Å². The molecule has 0 aliphatic heterocycles. The van der Waals surface area contributed by atoms with Gasteiger partial charge in [-0.05, 0) is 44.4 Å². The average Bonchev–Trinajstić information content (AvgIpc) is 2.34. The van der Waals surface area contributed by atoms with E-state index in [2.05, 4.69) is 5.32 Å². The van der Waals surface area contributed by atoms with Crippen molar-refractivity contribution in [3.63, 3.8) is 0 Å². The van der Waals surface area contributed by atoms with Crippen LogP contribution >= 0.6 is 0 Å². The molecule has 0 aliphatic carbocycles. The molecule has 1 aromatic carbocycles. The van der Waals surface area contributed by atoms with E-state index in [1.54, 1.807) is 26.2 Å². The molecule has 0 spiro atoms. The molecule has 4 heteroatoms. The highest BCUT2D eigenvalue weighted by atomic mass is 16.5. The molecule has 0 bridgehead atoms. The normalized spacial score (nSPS) is 12.0. The maximum Gasteiger partial charge on any atom is 0.251 e. The minimum absolute atomic E-state index is 0.112. The molecule has 1 atom stereocenters. The molecule has 1 amide bonds. The highest BCUT2D eigenvalue weighted by molar-refractivity contribution is 5.94. The molecule has 1 aromatic rings. The van der Waals surface area contributed by atoms with E-state index < -0.39 is 0 Å². The molecule has 0 saturated heterocycles. The topological polar surface area (TPSA) is 58.6 Å². The third-order valence-electron chi connectivity index (χ3n) is 2.75. The lowest BCUT2D eigenvalue weighted by Gasteiger charge is -2.09. The van der Waals surface area contributed by atoms with Crippen LogP contribution < -0.4 is 10.1 Å². The zero-order valence-corrected chi connectivity index (χ0v) is 11.2. The summed E-state index contributed by atoms with van der Waals surface area (Å²) in [5.41, 5.74) is 1.60. The Morgan fingerprint density at radius 1 is 1.50 bits per heavy atom. The second-order valence-electron chi connectivity index (χ2n) is 4.43. The first kappa shape index (κ1) is 14.5. The van der Waals surface area contributed by atoms with Crippen LogP contribution in [0, 0.1) is 6.92 Å². The summed E-state index contributed by atoms with van der Waals surface area (Å²) < 4.78 is 5.18. The quantitative estimate of drug-likeness (QED) is 0.759. The van der Waals surface area contributed by atoms with E-state index >= 15 is 0 Å². The van der Waals surface area contributed by atoms with Crippen LogP contribution in [0.4, 0.5) is 0 Å². The minimum atomic E-state index is -0.318. The number of benzene rings is 1. The van der Waals surface area contributed by atoms with Crippen molar-refractivity contribution in [2.45, 2.75) is 32.8 Å². The van der Waals surface area contributed by atoms with Crippen LogP contribution in [0.5, 0.6) is 5.75 Å². The second kappa shape index (κ2) is 7.01. The average molecular weight is 251 g/mol. The van der Waals surface area contributed by atoms with Gasteiger partial charge in [0.15, 0.2) is 0 Å². The number of aliphatic hydroxyl groups excluding tert-OH is 1. The Morgan fingerprint density at radius 2 is 2.22 bits per heavy atom. The predicted molar refractivity (Wildman–Crippen MR) is 71.0 cm³/mol. The fraction of sp³-hybridized carbons (Fsp3) is 0.500. The Labute approximate surface area is 108 Å². The van der Waals surface area contributed by atoms with E-state index in [0.717, 1.165) is 12.0 Å². The van der Waals surface area contributed by atoms with E-state index in [9.17, 15) is 4.79 Å². The zero-order chi connectivity index (χ0) is 13.5. The number of carbonyl (C=O) groups excluding carboxylic acids is 1. The van der Waals surface area contributed by atoms with Crippen molar-refractivity contribution < 1.29 is 14.6 Å². The number of aryl methyl sites for hydroxylation is 1. The Bertz CT molecular complexity index is 402. The molecule has 0 fully saturated rings. The van der Waals surface area contributed by atoms with E-state index in [0.29, 0.717) is 24.3 Å². The molecule has 0 radical (unpaired) electrons. The maximum atomic E-state index is 11.8. The number of rotatable bonds is 6. The van der Waals surface area contributed by atoms with Crippen LogP contribution in [0.2, 0.25) is 0 Å². The Hall–Kier alpha value is -1.55. The van der Waals surface area contributed by atoms with Crippen molar-refractivity contribution in [2.24, 2.45) is 0 Å². The number of hydrogen-bond donors (Lipinski definition) is 2. The highest BCUT2D eigenvalue weighted by Gasteiger charge is 2.07. The van der Waals surface area contributed by atoms with Crippen LogP contribution in [-0.2, 0) is 0 Å². The third-order valence-corrected chi connectivity index (χ3v) is 2.75. The largest absolute Gasteiger partial charge is 0.496 e.